The molecule has 0 aromatic carbocycles. The van der Waals surface area contributed by atoms with E-state index in [9.17, 15) is 9.36 Å². The predicted molar refractivity (Wildman–Crippen MR) is 38.7 cm³/mol. The highest BCUT2D eigenvalue weighted by Crippen LogP contribution is 2.30. The first kappa shape index (κ1) is 8.20. The maximum absolute atomic E-state index is 10.5. The first-order valence-electron chi connectivity index (χ1n) is 2.75. The zero-order valence-electron chi connectivity index (χ0n) is 5.39. The van der Waals surface area contributed by atoms with E-state index in [4.69, 9.17) is 9.79 Å². The number of hydrogen-bond acceptors (Lipinski definition) is 2. The van der Waals surface area contributed by atoms with Crippen molar-refractivity contribution in [3.63, 3.8) is 0 Å². The summed E-state index contributed by atoms with van der Waals surface area (Å²) in [4.78, 5) is 29.7. The molecule has 1 rings (SSSR count). The molecule has 0 saturated carbocycles. The van der Waals surface area contributed by atoms with E-state index in [2.05, 4.69) is 0 Å². The minimum Gasteiger partial charge on any atom is -0.320 e. The highest BCUT2D eigenvalue weighted by molar-refractivity contribution is 7.59. The van der Waals surface area contributed by atoms with Crippen molar-refractivity contribution in [2.75, 3.05) is 0 Å². The van der Waals surface area contributed by atoms with Gasteiger partial charge in [0.15, 0.2) is 0 Å². The van der Waals surface area contributed by atoms with Gasteiger partial charge in [0, 0.05) is 6.07 Å². The molecule has 0 unspecified atom stereocenters. The van der Waals surface area contributed by atoms with Crippen molar-refractivity contribution in [1.82, 2.24) is 4.98 Å². The quantitative estimate of drug-likeness (QED) is 0.486. The molecule has 1 heterocycles. The number of nitrogens with one attached hydrogen (secondary N) is 1. The van der Waals surface area contributed by atoms with Gasteiger partial charge < -0.3 is 14.8 Å². The third-order valence-electron chi connectivity index (χ3n) is 1.07. The molecular formula is C5H6NO4P. The molecule has 0 spiro atoms. The second kappa shape index (κ2) is 2.62. The zero-order chi connectivity index (χ0) is 8.48. The van der Waals surface area contributed by atoms with Crippen LogP contribution in [0.25, 0.3) is 0 Å². The van der Waals surface area contributed by atoms with Gasteiger partial charge in [0.1, 0.15) is 5.44 Å². The van der Waals surface area contributed by atoms with Gasteiger partial charge in [0.2, 0.25) is 5.56 Å². The van der Waals surface area contributed by atoms with Gasteiger partial charge in [0.05, 0.1) is 0 Å². The van der Waals surface area contributed by atoms with Gasteiger partial charge in [-0.2, -0.15) is 0 Å². The maximum Gasteiger partial charge on any atom is 0.372 e. The lowest BCUT2D eigenvalue weighted by molar-refractivity contribution is 0.386. The Labute approximate surface area is 61.9 Å². The zero-order valence-corrected chi connectivity index (χ0v) is 6.28. The molecule has 3 N–H and O–H groups in total. The molecule has 60 valence electrons. The average molecular weight is 175 g/mol. The van der Waals surface area contributed by atoms with Crippen molar-refractivity contribution in [2.24, 2.45) is 0 Å². The Balaban J connectivity index is 3.28. The standard InChI is InChI=1S/C5H6NO4P/c7-4-2-1-3-5(6-4)11(8,9)10/h1-3H,(H,6,7)(H2,8,9,10). The maximum atomic E-state index is 10.5. The van der Waals surface area contributed by atoms with Crippen molar-refractivity contribution in [1.29, 1.82) is 0 Å². The van der Waals surface area contributed by atoms with Crippen LogP contribution in [0.15, 0.2) is 23.0 Å². The van der Waals surface area contributed by atoms with Crippen LogP contribution in [0, 0.1) is 0 Å². The normalized spacial score (nSPS) is 11.5. The summed E-state index contributed by atoms with van der Waals surface area (Å²) in [5.74, 6) is 0. The highest BCUT2D eigenvalue weighted by Gasteiger charge is 2.16. The van der Waals surface area contributed by atoms with E-state index in [-0.39, 0.29) is 5.44 Å². The monoisotopic (exact) mass is 175 g/mol. The largest absolute Gasteiger partial charge is 0.372 e. The van der Waals surface area contributed by atoms with Gasteiger partial charge in [-0.05, 0) is 6.07 Å². The van der Waals surface area contributed by atoms with Crippen molar-refractivity contribution in [2.45, 2.75) is 0 Å². The fourth-order valence-electron chi connectivity index (χ4n) is 0.606. The Hall–Kier alpha value is -0.900. The van der Waals surface area contributed by atoms with Crippen LogP contribution in [0.3, 0.4) is 0 Å². The van der Waals surface area contributed by atoms with Crippen molar-refractivity contribution < 1.29 is 14.4 Å². The van der Waals surface area contributed by atoms with Crippen molar-refractivity contribution >= 4 is 13.0 Å². The van der Waals surface area contributed by atoms with Crippen LogP contribution in [0.1, 0.15) is 0 Å². The van der Waals surface area contributed by atoms with Gasteiger partial charge in [-0.1, -0.05) is 6.07 Å². The van der Waals surface area contributed by atoms with Crippen LogP contribution in [-0.4, -0.2) is 14.8 Å². The average Bonchev–Trinajstić information content (AvgIpc) is 1.86. The van der Waals surface area contributed by atoms with Crippen LogP contribution in [-0.2, 0) is 4.57 Å². The molecular weight excluding hydrogens is 169 g/mol. The first-order valence-corrected chi connectivity index (χ1v) is 4.37. The molecule has 0 aliphatic heterocycles. The summed E-state index contributed by atoms with van der Waals surface area (Å²) in [7, 11) is -4.30. The Morgan fingerprint density at radius 2 is 2.00 bits per heavy atom. The minimum atomic E-state index is -4.30. The van der Waals surface area contributed by atoms with Crippen molar-refractivity contribution in [3.8, 4) is 0 Å². The topological polar surface area (TPSA) is 90.4 Å². The fraction of sp³-hybridized carbons (Fsp3) is 0. The summed E-state index contributed by atoms with van der Waals surface area (Å²) in [5, 5.41) is 0. The summed E-state index contributed by atoms with van der Waals surface area (Å²) in [6.45, 7) is 0. The Kier molecular flexibility index (Phi) is 1.95. The van der Waals surface area contributed by atoms with E-state index in [0.29, 0.717) is 0 Å². The number of H-pyrrole nitrogens is 1. The second-order valence-corrected chi connectivity index (χ2v) is 3.51. The highest BCUT2D eigenvalue weighted by atomic mass is 31.2. The minimum absolute atomic E-state index is 0.356. The van der Waals surface area contributed by atoms with Gasteiger partial charge in [0.25, 0.3) is 0 Å². The number of pyridine rings is 1. The lowest BCUT2D eigenvalue weighted by atomic mass is 10.5. The molecule has 11 heavy (non-hydrogen) atoms. The van der Waals surface area contributed by atoms with E-state index in [1.807, 2.05) is 4.98 Å². The summed E-state index contributed by atoms with van der Waals surface area (Å²) in [6.07, 6.45) is 0. The molecule has 0 aliphatic rings. The number of hydrogen-bond donors (Lipinski definition) is 3. The molecule has 1 aromatic heterocycles. The molecule has 0 saturated heterocycles. The molecule has 1 aromatic rings. The molecule has 5 nitrogen and oxygen atoms in total. The van der Waals surface area contributed by atoms with Crippen LogP contribution in [0.2, 0.25) is 0 Å². The van der Waals surface area contributed by atoms with E-state index in [1.54, 1.807) is 0 Å². The smallest absolute Gasteiger partial charge is 0.320 e. The molecule has 0 radical (unpaired) electrons. The van der Waals surface area contributed by atoms with Gasteiger partial charge in [-0.15, -0.1) is 0 Å². The number of rotatable bonds is 1. The van der Waals surface area contributed by atoms with Crippen LogP contribution < -0.4 is 11.0 Å². The molecule has 0 aliphatic carbocycles. The van der Waals surface area contributed by atoms with E-state index < -0.39 is 13.2 Å². The molecule has 0 bridgehead atoms. The number of aromatic nitrogens is 1. The van der Waals surface area contributed by atoms with Crippen molar-refractivity contribution in [3.05, 3.63) is 28.6 Å². The Bertz CT molecular complexity index is 352. The lowest BCUT2D eigenvalue weighted by Crippen LogP contribution is -2.18. The summed E-state index contributed by atoms with van der Waals surface area (Å²) in [6, 6.07) is 3.63. The van der Waals surface area contributed by atoms with Gasteiger partial charge >= 0.3 is 7.60 Å². The third-order valence-corrected chi connectivity index (χ3v) is 1.96. The van der Waals surface area contributed by atoms with Crippen LogP contribution >= 0.6 is 7.60 Å². The molecule has 6 heteroatoms. The van der Waals surface area contributed by atoms with Gasteiger partial charge in [-0.25, -0.2) is 0 Å². The fourth-order valence-corrected chi connectivity index (χ4v) is 1.14. The summed E-state index contributed by atoms with van der Waals surface area (Å²) < 4.78 is 10.5. The SMILES string of the molecule is O=c1cccc(P(=O)(O)O)[nH]1. The van der Waals surface area contributed by atoms with Crippen LogP contribution in [0.5, 0.6) is 0 Å². The lowest BCUT2D eigenvalue weighted by Gasteiger charge is -2.00. The summed E-state index contributed by atoms with van der Waals surface area (Å²) in [5.41, 5.74) is -0.879. The molecule has 0 fully saturated rings. The first-order chi connectivity index (χ1) is 5.00. The van der Waals surface area contributed by atoms with Gasteiger partial charge in [-0.3, -0.25) is 9.36 Å². The van der Waals surface area contributed by atoms with E-state index in [0.717, 1.165) is 0 Å². The summed E-state index contributed by atoms with van der Waals surface area (Å²) >= 11 is 0. The molecule has 0 atom stereocenters. The predicted octanol–water partition coefficient (Wildman–Crippen LogP) is -0.822. The third kappa shape index (κ3) is 2.01. The second-order valence-electron chi connectivity index (χ2n) is 1.94. The van der Waals surface area contributed by atoms with E-state index >= 15 is 0 Å². The Morgan fingerprint density at radius 3 is 2.36 bits per heavy atom. The Morgan fingerprint density at radius 1 is 1.36 bits per heavy atom. The van der Waals surface area contributed by atoms with Crippen LogP contribution in [0.4, 0.5) is 0 Å². The number of aromatic amines is 1. The molecule has 0 amide bonds. The van der Waals surface area contributed by atoms with E-state index in [1.165, 1.54) is 18.2 Å².